The fourth-order valence-electron chi connectivity index (χ4n) is 2.54. The molecule has 3 rings (SSSR count). The van der Waals surface area contributed by atoms with Crippen molar-refractivity contribution in [2.24, 2.45) is 0 Å². The lowest BCUT2D eigenvalue weighted by Gasteiger charge is -2.17. The minimum Gasteiger partial charge on any atom is -0.383 e. The van der Waals surface area contributed by atoms with Crippen LogP contribution < -0.4 is 10.6 Å². The number of aromatic nitrogens is 2. The molecule has 2 N–H and O–H groups in total. The highest BCUT2D eigenvalue weighted by Crippen LogP contribution is 2.32. The van der Waals surface area contributed by atoms with Crippen LogP contribution in [0.25, 0.3) is 0 Å². The molecule has 0 fully saturated rings. The summed E-state index contributed by atoms with van der Waals surface area (Å²) in [6.45, 7) is 2.34. The SMILES string of the molecule is CCCS(=O)c1nc(N)c2c(n1)N(Cc1ccc(Br)cc1)C(=O)C2. The zero-order valence-corrected chi connectivity index (χ0v) is 15.6. The van der Waals surface area contributed by atoms with Crippen LogP contribution in [0.15, 0.2) is 33.9 Å². The second-order valence-electron chi connectivity index (χ2n) is 5.53. The van der Waals surface area contributed by atoms with Crippen molar-refractivity contribution in [3.63, 3.8) is 0 Å². The van der Waals surface area contributed by atoms with Gasteiger partial charge in [0.05, 0.1) is 23.8 Å². The third-order valence-corrected chi connectivity index (χ3v) is 5.63. The van der Waals surface area contributed by atoms with Gasteiger partial charge in [-0.2, -0.15) is 0 Å². The van der Waals surface area contributed by atoms with E-state index in [1.165, 1.54) is 0 Å². The zero-order valence-electron chi connectivity index (χ0n) is 13.2. The van der Waals surface area contributed by atoms with E-state index in [1.54, 1.807) is 4.90 Å². The topological polar surface area (TPSA) is 89.2 Å². The molecule has 0 bridgehead atoms. The summed E-state index contributed by atoms with van der Waals surface area (Å²) in [5.41, 5.74) is 7.57. The van der Waals surface area contributed by atoms with Crippen molar-refractivity contribution >= 4 is 44.3 Å². The van der Waals surface area contributed by atoms with E-state index in [0.29, 0.717) is 23.7 Å². The fourth-order valence-corrected chi connectivity index (χ4v) is 3.75. The van der Waals surface area contributed by atoms with Crippen LogP contribution >= 0.6 is 15.9 Å². The van der Waals surface area contributed by atoms with Crippen LogP contribution in [0.3, 0.4) is 0 Å². The van der Waals surface area contributed by atoms with Gasteiger partial charge in [0.15, 0.2) is 0 Å². The number of nitrogens with zero attached hydrogens (tertiary/aromatic N) is 3. The summed E-state index contributed by atoms with van der Waals surface area (Å²) < 4.78 is 13.2. The van der Waals surface area contributed by atoms with E-state index in [2.05, 4.69) is 25.9 Å². The molecule has 1 amide bonds. The summed E-state index contributed by atoms with van der Waals surface area (Å²) in [6.07, 6.45) is 0.937. The average molecular weight is 409 g/mol. The van der Waals surface area contributed by atoms with Crippen LogP contribution in [0.1, 0.15) is 24.5 Å². The number of rotatable bonds is 5. The average Bonchev–Trinajstić information content (AvgIpc) is 2.87. The Labute approximate surface area is 151 Å². The Morgan fingerprint density at radius 2 is 2.00 bits per heavy atom. The van der Waals surface area contributed by atoms with Crippen molar-refractivity contribution in [2.75, 3.05) is 16.4 Å². The van der Waals surface area contributed by atoms with E-state index in [0.717, 1.165) is 16.5 Å². The van der Waals surface area contributed by atoms with E-state index in [1.807, 2.05) is 31.2 Å². The third-order valence-electron chi connectivity index (χ3n) is 3.73. The fraction of sp³-hybridized carbons (Fsp3) is 0.312. The van der Waals surface area contributed by atoms with Gasteiger partial charge >= 0.3 is 0 Å². The lowest BCUT2D eigenvalue weighted by molar-refractivity contribution is -0.117. The number of hydrogen-bond donors (Lipinski definition) is 1. The van der Waals surface area contributed by atoms with E-state index in [4.69, 9.17) is 5.73 Å². The molecule has 0 saturated carbocycles. The summed E-state index contributed by atoms with van der Waals surface area (Å²) in [4.78, 5) is 22.5. The first-order valence-electron chi connectivity index (χ1n) is 7.59. The molecular formula is C16H17BrN4O2S. The molecule has 1 aliphatic rings. The summed E-state index contributed by atoms with van der Waals surface area (Å²) in [5, 5.41) is 0.198. The molecule has 0 radical (unpaired) electrons. The van der Waals surface area contributed by atoms with Crippen LogP contribution in [-0.2, 0) is 28.6 Å². The summed E-state index contributed by atoms with van der Waals surface area (Å²) in [7, 11) is -1.31. The second kappa shape index (κ2) is 6.98. The highest BCUT2D eigenvalue weighted by molar-refractivity contribution is 9.10. The highest BCUT2D eigenvalue weighted by atomic mass is 79.9. The quantitative estimate of drug-likeness (QED) is 0.767. The first kappa shape index (κ1) is 17.0. The maximum absolute atomic E-state index is 12.4. The van der Waals surface area contributed by atoms with Crippen LogP contribution in [0.2, 0.25) is 0 Å². The number of benzene rings is 1. The molecule has 1 aliphatic heterocycles. The van der Waals surface area contributed by atoms with Crippen molar-refractivity contribution in [1.29, 1.82) is 0 Å². The van der Waals surface area contributed by atoms with Gasteiger partial charge in [0, 0.05) is 15.8 Å². The number of anilines is 2. The van der Waals surface area contributed by atoms with Gasteiger partial charge in [-0.1, -0.05) is 35.0 Å². The van der Waals surface area contributed by atoms with Crippen LogP contribution in [0.4, 0.5) is 11.6 Å². The number of nitrogens with two attached hydrogens (primary N) is 1. The smallest absolute Gasteiger partial charge is 0.233 e. The van der Waals surface area contributed by atoms with Crippen molar-refractivity contribution in [2.45, 2.75) is 31.5 Å². The predicted molar refractivity (Wildman–Crippen MR) is 97.0 cm³/mol. The Balaban J connectivity index is 1.95. The van der Waals surface area contributed by atoms with Gasteiger partial charge in [0.25, 0.3) is 0 Å². The number of amides is 1. The Morgan fingerprint density at radius 3 is 2.67 bits per heavy atom. The van der Waals surface area contributed by atoms with Crippen molar-refractivity contribution in [1.82, 2.24) is 9.97 Å². The first-order chi connectivity index (χ1) is 11.5. The van der Waals surface area contributed by atoms with Crippen LogP contribution in [-0.4, -0.2) is 25.8 Å². The molecular weight excluding hydrogens is 392 g/mol. The van der Waals surface area contributed by atoms with Crippen molar-refractivity contribution in [3.8, 4) is 0 Å². The van der Waals surface area contributed by atoms with E-state index >= 15 is 0 Å². The summed E-state index contributed by atoms with van der Waals surface area (Å²) >= 11 is 3.39. The highest BCUT2D eigenvalue weighted by Gasteiger charge is 2.32. The second-order valence-corrected chi connectivity index (χ2v) is 7.91. The van der Waals surface area contributed by atoms with Gasteiger partial charge < -0.3 is 5.73 Å². The van der Waals surface area contributed by atoms with Gasteiger partial charge in [-0.25, -0.2) is 9.97 Å². The van der Waals surface area contributed by atoms with E-state index < -0.39 is 10.8 Å². The van der Waals surface area contributed by atoms with Gasteiger partial charge in [-0.05, 0) is 24.1 Å². The molecule has 8 heteroatoms. The Hall–Kier alpha value is -1.80. The van der Waals surface area contributed by atoms with Gasteiger partial charge in [-0.3, -0.25) is 13.9 Å². The third kappa shape index (κ3) is 3.34. The van der Waals surface area contributed by atoms with Gasteiger partial charge in [-0.15, -0.1) is 0 Å². The number of nitrogen functional groups attached to an aromatic ring is 1. The standard InChI is InChI=1S/C16H17BrN4O2S/c1-2-7-24(23)16-19-14(18)12-8-13(22)21(15(12)20-16)9-10-3-5-11(17)6-4-10/h3-6H,2,7-9H2,1H3,(H2,18,19,20). The maximum atomic E-state index is 12.4. The number of carbonyl (C=O) groups is 1. The molecule has 1 aromatic carbocycles. The predicted octanol–water partition coefficient (Wildman–Crippen LogP) is 2.43. The molecule has 2 aromatic rings. The summed E-state index contributed by atoms with van der Waals surface area (Å²) in [5.74, 6) is 1.12. The number of carbonyl (C=O) groups excluding carboxylic acids is 1. The van der Waals surface area contributed by atoms with Crippen molar-refractivity contribution < 1.29 is 9.00 Å². The molecule has 1 atom stereocenters. The first-order valence-corrected chi connectivity index (χ1v) is 9.70. The lowest BCUT2D eigenvalue weighted by Crippen LogP contribution is -2.27. The number of hydrogen-bond acceptors (Lipinski definition) is 5. The van der Waals surface area contributed by atoms with Crippen LogP contribution in [0.5, 0.6) is 0 Å². The van der Waals surface area contributed by atoms with E-state index in [-0.39, 0.29) is 23.3 Å². The molecule has 0 aliphatic carbocycles. The zero-order chi connectivity index (χ0) is 17.3. The normalized spacial score (nSPS) is 14.8. The molecule has 1 unspecified atom stereocenters. The molecule has 126 valence electrons. The van der Waals surface area contributed by atoms with Gasteiger partial charge in [0.1, 0.15) is 11.6 Å². The monoisotopic (exact) mass is 408 g/mol. The molecule has 0 saturated heterocycles. The minimum absolute atomic E-state index is 0.0765. The van der Waals surface area contributed by atoms with Gasteiger partial charge in [0.2, 0.25) is 11.1 Å². The number of fused-ring (bicyclic) bond motifs is 1. The molecule has 0 spiro atoms. The molecule has 24 heavy (non-hydrogen) atoms. The largest absolute Gasteiger partial charge is 0.383 e. The van der Waals surface area contributed by atoms with Crippen molar-refractivity contribution in [3.05, 3.63) is 39.9 Å². The maximum Gasteiger partial charge on any atom is 0.233 e. The molecule has 1 aromatic heterocycles. The van der Waals surface area contributed by atoms with E-state index in [9.17, 15) is 9.00 Å². The number of halogens is 1. The Morgan fingerprint density at radius 1 is 1.29 bits per heavy atom. The Bertz CT molecular complexity index is 810. The lowest BCUT2D eigenvalue weighted by atomic mass is 10.2. The van der Waals surface area contributed by atoms with Crippen LogP contribution in [0, 0.1) is 0 Å². The minimum atomic E-state index is -1.31. The summed E-state index contributed by atoms with van der Waals surface area (Å²) in [6, 6.07) is 7.73. The molecule has 2 heterocycles. The Kier molecular flexibility index (Phi) is 4.96. The molecule has 6 nitrogen and oxygen atoms in total.